The number of fused-ring (bicyclic) bond motifs is 1. The van der Waals surface area contributed by atoms with Crippen LogP contribution in [-0.2, 0) is 10.8 Å². The predicted molar refractivity (Wildman–Crippen MR) is 68.0 cm³/mol. The van der Waals surface area contributed by atoms with Crippen molar-refractivity contribution < 1.29 is 4.21 Å². The average molecular weight is 237 g/mol. The Labute approximate surface area is 99.9 Å². The number of nitrogens with one attached hydrogen (secondary N) is 1. The van der Waals surface area contributed by atoms with Crippen LogP contribution in [0.25, 0.3) is 0 Å². The fraction of sp³-hybridized carbons (Fsp3) is 0.538. The Hall–Kier alpha value is -0.670. The molecule has 1 aromatic rings. The lowest BCUT2D eigenvalue weighted by atomic mass is 10.0. The number of hydrogen-bond donors (Lipinski definition) is 1. The second-order valence-electron chi connectivity index (χ2n) is 4.21. The standard InChI is InChI=1S/C13H19NOS/c1-3-9-14-13-10-7-5-6-8-12(10)16(15)11(13)4-2/h5-8,11,13-14H,3-4,9H2,1-2H3. The van der Waals surface area contributed by atoms with Gasteiger partial charge in [0, 0.05) is 10.9 Å². The van der Waals surface area contributed by atoms with E-state index in [1.807, 2.05) is 18.2 Å². The van der Waals surface area contributed by atoms with Crippen molar-refractivity contribution in [2.45, 2.75) is 42.9 Å². The molecule has 3 heteroatoms. The Morgan fingerprint density at radius 1 is 1.31 bits per heavy atom. The van der Waals surface area contributed by atoms with Crippen LogP contribution in [0, 0.1) is 0 Å². The molecule has 1 heterocycles. The lowest BCUT2D eigenvalue weighted by Crippen LogP contribution is -2.30. The van der Waals surface area contributed by atoms with Gasteiger partial charge in [-0.05, 0) is 31.0 Å². The molecule has 0 spiro atoms. The van der Waals surface area contributed by atoms with Crippen molar-refractivity contribution in [3.05, 3.63) is 29.8 Å². The minimum absolute atomic E-state index is 0.240. The Morgan fingerprint density at radius 2 is 2.06 bits per heavy atom. The highest BCUT2D eigenvalue weighted by molar-refractivity contribution is 7.86. The summed E-state index contributed by atoms with van der Waals surface area (Å²) < 4.78 is 12.3. The van der Waals surface area contributed by atoms with Gasteiger partial charge in [-0.2, -0.15) is 0 Å². The Kier molecular flexibility index (Phi) is 3.77. The Balaban J connectivity index is 2.31. The normalized spacial score (nSPS) is 28.0. The van der Waals surface area contributed by atoms with Crippen LogP contribution in [-0.4, -0.2) is 16.0 Å². The number of rotatable bonds is 4. The maximum atomic E-state index is 12.3. The molecule has 1 aliphatic heterocycles. The third kappa shape index (κ3) is 1.94. The first kappa shape index (κ1) is 11.8. The SMILES string of the molecule is CCCNC1c2ccccc2S(=O)C1CC. The molecule has 3 atom stereocenters. The van der Waals surface area contributed by atoms with Crippen molar-refractivity contribution in [3.8, 4) is 0 Å². The van der Waals surface area contributed by atoms with E-state index >= 15 is 0 Å². The van der Waals surface area contributed by atoms with Crippen molar-refractivity contribution in [3.63, 3.8) is 0 Å². The summed E-state index contributed by atoms with van der Waals surface area (Å²) in [6.45, 7) is 5.27. The summed E-state index contributed by atoms with van der Waals surface area (Å²) in [5, 5.41) is 3.77. The maximum absolute atomic E-state index is 12.3. The molecule has 0 radical (unpaired) electrons. The van der Waals surface area contributed by atoms with E-state index in [1.54, 1.807) is 0 Å². The molecule has 1 aromatic carbocycles. The van der Waals surface area contributed by atoms with Crippen molar-refractivity contribution in [1.29, 1.82) is 0 Å². The van der Waals surface area contributed by atoms with E-state index in [4.69, 9.17) is 0 Å². The van der Waals surface area contributed by atoms with Crippen molar-refractivity contribution in [1.82, 2.24) is 5.32 Å². The summed E-state index contributed by atoms with van der Waals surface area (Å²) in [5.74, 6) is 0. The zero-order valence-corrected chi connectivity index (χ0v) is 10.7. The molecule has 0 saturated carbocycles. The molecule has 0 aromatic heterocycles. The molecular formula is C13H19NOS. The van der Waals surface area contributed by atoms with Crippen LogP contribution in [0.4, 0.5) is 0 Å². The second-order valence-corrected chi connectivity index (χ2v) is 5.85. The van der Waals surface area contributed by atoms with Gasteiger partial charge in [-0.1, -0.05) is 32.0 Å². The maximum Gasteiger partial charge on any atom is 0.0587 e. The van der Waals surface area contributed by atoms with Gasteiger partial charge in [-0.15, -0.1) is 0 Å². The molecule has 0 aliphatic carbocycles. The first-order chi connectivity index (χ1) is 7.79. The van der Waals surface area contributed by atoms with Crippen LogP contribution in [0.1, 0.15) is 38.3 Å². The summed E-state index contributed by atoms with van der Waals surface area (Å²) in [5.41, 5.74) is 1.24. The van der Waals surface area contributed by atoms with E-state index in [9.17, 15) is 4.21 Å². The monoisotopic (exact) mass is 237 g/mol. The van der Waals surface area contributed by atoms with Gasteiger partial charge < -0.3 is 5.32 Å². The summed E-state index contributed by atoms with van der Waals surface area (Å²) in [6.07, 6.45) is 2.07. The van der Waals surface area contributed by atoms with E-state index in [1.165, 1.54) is 5.56 Å². The fourth-order valence-corrected chi connectivity index (χ4v) is 4.09. The first-order valence-corrected chi connectivity index (χ1v) is 7.23. The largest absolute Gasteiger partial charge is 0.309 e. The molecule has 88 valence electrons. The number of hydrogen-bond acceptors (Lipinski definition) is 2. The van der Waals surface area contributed by atoms with Crippen molar-refractivity contribution in [2.75, 3.05) is 6.54 Å². The average Bonchev–Trinajstić information content (AvgIpc) is 2.60. The van der Waals surface area contributed by atoms with Crippen LogP contribution in [0.2, 0.25) is 0 Å². The molecule has 2 rings (SSSR count). The highest BCUT2D eigenvalue weighted by Gasteiger charge is 2.36. The number of benzene rings is 1. The van der Waals surface area contributed by atoms with Crippen LogP contribution in [0.5, 0.6) is 0 Å². The first-order valence-electron chi connectivity index (χ1n) is 6.02. The highest BCUT2D eigenvalue weighted by Crippen LogP contribution is 2.37. The lowest BCUT2D eigenvalue weighted by Gasteiger charge is -2.19. The van der Waals surface area contributed by atoms with Crippen molar-refractivity contribution >= 4 is 10.8 Å². The van der Waals surface area contributed by atoms with Gasteiger partial charge >= 0.3 is 0 Å². The van der Waals surface area contributed by atoms with Crippen LogP contribution >= 0.6 is 0 Å². The Morgan fingerprint density at radius 3 is 2.75 bits per heavy atom. The minimum atomic E-state index is -0.832. The zero-order chi connectivity index (χ0) is 11.5. The summed E-state index contributed by atoms with van der Waals surface area (Å²) >= 11 is 0. The molecule has 0 fully saturated rings. The molecular weight excluding hydrogens is 218 g/mol. The van der Waals surface area contributed by atoms with Crippen molar-refractivity contribution in [2.24, 2.45) is 0 Å². The quantitative estimate of drug-likeness (QED) is 0.872. The summed E-state index contributed by atoms with van der Waals surface area (Å²) in [7, 11) is -0.832. The summed E-state index contributed by atoms with van der Waals surface area (Å²) in [6, 6.07) is 8.40. The molecule has 1 N–H and O–H groups in total. The second kappa shape index (κ2) is 5.11. The molecule has 0 bridgehead atoms. The van der Waals surface area contributed by atoms with Gasteiger partial charge in [0.25, 0.3) is 0 Å². The smallest absolute Gasteiger partial charge is 0.0587 e. The van der Waals surface area contributed by atoms with Crippen LogP contribution in [0.3, 0.4) is 0 Å². The fourth-order valence-electron chi connectivity index (χ4n) is 2.34. The van der Waals surface area contributed by atoms with E-state index < -0.39 is 10.8 Å². The van der Waals surface area contributed by atoms with Gasteiger partial charge in [0.1, 0.15) is 0 Å². The van der Waals surface area contributed by atoms with Gasteiger partial charge in [0.2, 0.25) is 0 Å². The van der Waals surface area contributed by atoms with Gasteiger partial charge in [-0.3, -0.25) is 4.21 Å². The highest BCUT2D eigenvalue weighted by atomic mass is 32.2. The van der Waals surface area contributed by atoms with E-state index in [0.29, 0.717) is 0 Å². The molecule has 3 unspecified atom stereocenters. The molecule has 2 nitrogen and oxygen atoms in total. The third-order valence-corrected chi connectivity index (χ3v) is 5.09. The topological polar surface area (TPSA) is 29.1 Å². The predicted octanol–water partition coefficient (Wildman–Crippen LogP) is 2.63. The van der Waals surface area contributed by atoms with Gasteiger partial charge in [0.05, 0.1) is 16.0 Å². The Bertz CT molecular complexity index is 391. The van der Waals surface area contributed by atoms with Gasteiger partial charge in [-0.25, -0.2) is 0 Å². The third-order valence-electron chi connectivity index (χ3n) is 3.13. The summed E-state index contributed by atoms with van der Waals surface area (Å²) in [4.78, 5) is 1.03. The molecule has 1 aliphatic rings. The molecule has 16 heavy (non-hydrogen) atoms. The van der Waals surface area contributed by atoms with E-state index in [0.717, 1.165) is 24.3 Å². The zero-order valence-electron chi connectivity index (χ0n) is 9.90. The van der Waals surface area contributed by atoms with Gasteiger partial charge in [0.15, 0.2) is 0 Å². The molecule has 0 amide bonds. The minimum Gasteiger partial charge on any atom is -0.309 e. The van der Waals surface area contributed by atoms with E-state index in [2.05, 4.69) is 25.2 Å². The van der Waals surface area contributed by atoms with E-state index in [-0.39, 0.29) is 11.3 Å². The lowest BCUT2D eigenvalue weighted by molar-refractivity contribution is 0.505. The molecule has 0 saturated heterocycles. The van der Waals surface area contributed by atoms with Crippen LogP contribution in [0.15, 0.2) is 29.2 Å². The van der Waals surface area contributed by atoms with Crippen LogP contribution < -0.4 is 5.32 Å².